The number of aryl methyl sites for hydroxylation is 1. The van der Waals surface area contributed by atoms with E-state index in [0.717, 1.165) is 0 Å². The van der Waals surface area contributed by atoms with Crippen LogP contribution in [0.15, 0.2) is 42.5 Å². The molecule has 2 aromatic carbocycles. The van der Waals surface area contributed by atoms with Crippen LogP contribution in [-0.4, -0.2) is 42.0 Å². The van der Waals surface area contributed by atoms with Gasteiger partial charge in [-0.1, -0.05) is 18.2 Å². The fourth-order valence-corrected chi connectivity index (χ4v) is 3.10. The number of hydrogen-bond donors (Lipinski definition) is 1. The van der Waals surface area contributed by atoms with E-state index in [2.05, 4.69) is 5.32 Å². The average Bonchev–Trinajstić information content (AvgIpc) is 2.73. The number of carbonyl (C=O) groups excluding carboxylic acids is 3. The number of rotatable bonds is 7. The zero-order valence-corrected chi connectivity index (χ0v) is 17.0. The van der Waals surface area contributed by atoms with Gasteiger partial charge in [0.05, 0.1) is 17.0 Å². The fraction of sp³-hybridized carbons (Fsp3) is 0.286. The topological polar surface area (TPSA) is 128 Å². The van der Waals surface area contributed by atoms with E-state index in [1.807, 2.05) is 0 Å². The van der Waals surface area contributed by atoms with Crippen molar-refractivity contribution in [3.05, 3.63) is 58.1 Å². The number of fused-ring (bicyclic) bond motifs is 1. The molecule has 0 saturated carbocycles. The highest BCUT2D eigenvalue weighted by atomic mass is 16.6. The molecule has 0 bridgehead atoms. The quantitative estimate of drug-likeness (QED) is 0.409. The Morgan fingerprint density at radius 3 is 2.74 bits per heavy atom. The number of nitro groups is 1. The van der Waals surface area contributed by atoms with Gasteiger partial charge in [-0.15, -0.1) is 0 Å². The SMILES string of the molecule is Cc1ccc(NC(=O)COC(=O)CCN2C(=O)C(C)Oc3ccccc32)c([N+](=O)[O-])c1. The van der Waals surface area contributed by atoms with Gasteiger partial charge in [0.25, 0.3) is 17.5 Å². The second-order valence-corrected chi connectivity index (χ2v) is 6.95. The molecule has 1 aliphatic heterocycles. The van der Waals surface area contributed by atoms with Gasteiger partial charge in [0, 0.05) is 12.6 Å². The number of amides is 2. The van der Waals surface area contributed by atoms with Crippen LogP contribution in [0.2, 0.25) is 0 Å². The molecule has 0 fully saturated rings. The van der Waals surface area contributed by atoms with E-state index in [1.165, 1.54) is 17.0 Å². The van der Waals surface area contributed by atoms with Gasteiger partial charge < -0.3 is 19.7 Å². The Morgan fingerprint density at radius 2 is 2.00 bits per heavy atom. The molecule has 3 rings (SSSR count). The Morgan fingerprint density at radius 1 is 1.26 bits per heavy atom. The summed E-state index contributed by atoms with van der Waals surface area (Å²) in [7, 11) is 0. The highest BCUT2D eigenvalue weighted by Crippen LogP contribution is 2.33. The van der Waals surface area contributed by atoms with E-state index in [4.69, 9.17) is 9.47 Å². The van der Waals surface area contributed by atoms with Crippen molar-refractivity contribution in [1.82, 2.24) is 0 Å². The number of esters is 1. The first kappa shape index (κ1) is 21.8. The maximum Gasteiger partial charge on any atom is 0.308 e. The van der Waals surface area contributed by atoms with Crippen molar-refractivity contribution in [2.45, 2.75) is 26.4 Å². The maximum atomic E-state index is 12.4. The van der Waals surface area contributed by atoms with E-state index in [1.54, 1.807) is 44.2 Å². The zero-order valence-electron chi connectivity index (χ0n) is 17.0. The van der Waals surface area contributed by atoms with Gasteiger partial charge in [-0.2, -0.15) is 0 Å². The number of nitrogens with zero attached hydrogens (tertiary/aromatic N) is 2. The molecule has 10 nitrogen and oxygen atoms in total. The molecule has 1 atom stereocenters. The van der Waals surface area contributed by atoms with Crippen LogP contribution in [0.4, 0.5) is 17.1 Å². The van der Waals surface area contributed by atoms with Crippen LogP contribution >= 0.6 is 0 Å². The molecule has 0 radical (unpaired) electrons. The van der Waals surface area contributed by atoms with Crippen LogP contribution in [0.3, 0.4) is 0 Å². The Kier molecular flexibility index (Phi) is 6.49. The van der Waals surface area contributed by atoms with E-state index in [0.29, 0.717) is 17.0 Å². The average molecular weight is 427 g/mol. The lowest BCUT2D eigenvalue weighted by atomic mass is 10.2. The molecular weight excluding hydrogens is 406 g/mol. The summed E-state index contributed by atoms with van der Waals surface area (Å²) in [4.78, 5) is 48.5. The second-order valence-electron chi connectivity index (χ2n) is 6.95. The van der Waals surface area contributed by atoms with Gasteiger partial charge in [0.15, 0.2) is 12.7 Å². The second kappa shape index (κ2) is 9.24. The van der Waals surface area contributed by atoms with Crippen LogP contribution in [0, 0.1) is 17.0 Å². The number of ether oxygens (including phenoxy) is 2. The summed E-state index contributed by atoms with van der Waals surface area (Å²) in [5.41, 5.74) is 0.993. The highest BCUT2D eigenvalue weighted by molar-refractivity contribution is 6.00. The predicted molar refractivity (Wildman–Crippen MR) is 111 cm³/mol. The molecule has 10 heteroatoms. The molecule has 1 heterocycles. The summed E-state index contributed by atoms with van der Waals surface area (Å²) in [5, 5.41) is 13.5. The molecule has 0 aliphatic carbocycles. The lowest BCUT2D eigenvalue weighted by Gasteiger charge is -2.32. The van der Waals surface area contributed by atoms with Crippen LogP contribution in [0.5, 0.6) is 5.75 Å². The third-order valence-electron chi connectivity index (χ3n) is 4.60. The van der Waals surface area contributed by atoms with Crippen LogP contribution in [0.25, 0.3) is 0 Å². The Hall–Kier alpha value is -3.95. The Bertz CT molecular complexity index is 1040. The minimum absolute atomic E-state index is 0.0150. The van der Waals surface area contributed by atoms with Crippen molar-refractivity contribution in [2.24, 2.45) is 0 Å². The normalized spacial score (nSPS) is 15.0. The van der Waals surface area contributed by atoms with Gasteiger partial charge in [-0.25, -0.2) is 0 Å². The maximum absolute atomic E-state index is 12.4. The standard InChI is InChI=1S/C21H21N3O7/c1-13-7-8-15(17(11-13)24(28)29)22-19(25)12-30-20(26)9-10-23-16-5-3-4-6-18(16)31-14(2)21(23)27/h3-8,11,14H,9-10,12H2,1-2H3,(H,22,25). The summed E-state index contributed by atoms with van der Waals surface area (Å²) < 4.78 is 10.5. The number of benzene rings is 2. The molecule has 2 aromatic rings. The summed E-state index contributed by atoms with van der Waals surface area (Å²) in [5.74, 6) is -1.13. The first-order valence-corrected chi connectivity index (χ1v) is 9.54. The minimum atomic E-state index is -0.707. The number of hydrogen-bond acceptors (Lipinski definition) is 7. The Labute approximate surface area is 177 Å². The lowest BCUT2D eigenvalue weighted by Crippen LogP contribution is -2.45. The number of carbonyl (C=O) groups is 3. The number of anilines is 2. The summed E-state index contributed by atoms with van der Waals surface area (Å²) in [6, 6.07) is 11.4. The van der Waals surface area contributed by atoms with E-state index >= 15 is 0 Å². The van der Waals surface area contributed by atoms with Crippen molar-refractivity contribution in [3.8, 4) is 5.75 Å². The monoisotopic (exact) mass is 427 g/mol. The van der Waals surface area contributed by atoms with Crippen molar-refractivity contribution in [3.63, 3.8) is 0 Å². The van der Waals surface area contributed by atoms with E-state index in [-0.39, 0.29) is 30.2 Å². The Balaban J connectivity index is 1.54. The summed E-state index contributed by atoms with van der Waals surface area (Å²) >= 11 is 0. The fourth-order valence-electron chi connectivity index (χ4n) is 3.10. The molecular formula is C21H21N3O7. The molecule has 2 amide bonds. The largest absolute Gasteiger partial charge is 0.479 e. The minimum Gasteiger partial charge on any atom is -0.479 e. The van der Waals surface area contributed by atoms with E-state index in [9.17, 15) is 24.5 Å². The lowest BCUT2D eigenvalue weighted by molar-refractivity contribution is -0.384. The summed E-state index contributed by atoms with van der Waals surface area (Å²) in [6.07, 6.45) is -0.813. The number of nitrogens with one attached hydrogen (secondary N) is 1. The van der Waals surface area contributed by atoms with Crippen molar-refractivity contribution in [1.29, 1.82) is 0 Å². The van der Waals surface area contributed by atoms with E-state index < -0.39 is 29.5 Å². The summed E-state index contributed by atoms with van der Waals surface area (Å²) in [6.45, 7) is 2.78. The highest BCUT2D eigenvalue weighted by Gasteiger charge is 2.31. The van der Waals surface area contributed by atoms with Gasteiger partial charge in [-0.05, 0) is 37.6 Å². The van der Waals surface area contributed by atoms with Crippen molar-refractivity contribution >= 4 is 34.8 Å². The predicted octanol–water partition coefficient (Wildman–Crippen LogP) is 2.59. The molecule has 1 unspecified atom stereocenters. The number of para-hydroxylation sites is 2. The smallest absolute Gasteiger partial charge is 0.308 e. The van der Waals surface area contributed by atoms with Crippen LogP contribution in [-0.2, 0) is 19.1 Å². The number of nitro benzene ring substituents is 1. The third kappa shape index (κ3) is 5.16. The van der Waals surface area contributed by atoms with Crippen molar-refractivity contribution in [2.75, 3.05) is 23.4 Å². The van der Waals surface area contributed by atoms with Gasteiger partial charge in [0.1, 0.15) is 11.4 Å². The molecule has 0 spiro atoms. The van der Waals surface area contributed by atoms with Gasteiger partial charge in [-0.3, -0.25) is 24.5 Å². The molecule has 0 saturated heterocycles. The first-order chi connectivity index (χ1) is 14.8. The molecule has 31 heavy (non-hydrogen) atoms. The molecule has 0 aromatic heterocycles. The zero-order chi connectivity index (χ0) is 22.5. The molecule has 1 aliphatic rings. The molecule has 162 valence electrons. The molecule has 1 N–H and O–H groups in total. The van der Waals surface area contributed by atoms with Crippen LogP contribution < -0.4 is 15.0 Å². The van der Waals surface area contributed by atoms with Crippen molar-refractivity contribution < 1.29 is 28.8 Å². The van der Waals surface area contributed by atoms with Crippen LogP contribution in [0.1, 0.15) is 18.9 Å². The van der Waals surface area contributed by atoms with Gasteiger partial charge >= 0.3 is 5.97 Å². The van der Waals surface area contributed by atoms with Gasteiger partial charge in [0.2, 0.25) is 0 Å². The third-order valence-corrected chi connectivity index (χ3v) is 4.60. The first-order valence-electron chi connectivity index (χ1n) is 9.54.